The van der Waals surface area contributed by atoms with Gasteiger partial charge in [0.1, 0.15) is 11.0 Å². The number of carbonyl (C=O) groups is 1. The van der Waals surface area contributed by atoms with Gasteiger partial charge in [-0.05, 0) is 54.6 Å². The van der Waals surface area contributed by atoms with Crippen LogP contribution in [0.4, 0.5) is 0 Å². The van der Waals surface area contributed by atoms with E-state index < -0.39 is 0 Å². The van der Waals surface area contributed by atoms with Crippen LogP contribution in [0.5, 0.6) is 0 Å². The molecule has 2 fully saturated rings. The number of esters is 1. The maximum atomic E-state index is 12.7. The molecule has 2 saturated heterocycles. The molecule has 1 aromatic carbocycles. The predicted molar refractivity (Wildman–Crippen MR) is 88.1 cm³/mol. The van der Waals surface area contributed by atoms with E-state index in [4.69, 9.17) is 9.37 Å². The molecule has 2 aliphatic heterocycles. The fourth-order valence-electron chi connectivity index (χ4n) is 4.75. The highest BCUT2D eigenvalue weighted by atomic mass is 16.6. The SMILES string of the molecule is CCOC(=O)[C@]1(CC)C[C@@H]2CC[C@H]1N2Cc1cccc2nonc12. The summed E-state index contributed by atoms with van der Waals surface area (Å²) in [6.45, 7) is 5.21. The normalized spacial score (nSPS) is 29.4. The van der Waals surface area contributed by atoms with Crippen molar-refractivity contribution in [3.05, 3.63) is 23.8 Å². The summed E-state index contributed by atoms with van der Waals surface area (Å²) in [4.78, 5) is 15.1. The number of nitrogens with zero attached hydrogens (tertiary/aromatic N) is 3. The van der Waals surface area contributed by atoms with Crippen molar-refractivity contribution in [3.63, 3.8) is 0 Å². The van der Waals surface area contributed by atoms with Crippen molar-refractivity contribution in [3.8, 4) is 0 Å². The molecule has 128 valence electrons. The van der Waals surface area contributed by atoms with Gasteiger partial charge in [-0.25, -0.2) is 4.63 Å². The van der Waals surface area contributed by atoms with Gasteiger partial charge in [0, 0.05) is 18.6 Å². The van der Waals surface area contributed by atoms with Gasteiger partial charge >= 0.3 is 5.97 Å². The van der Waals surface area contributed by atoms with Crippen LogP contribution in [-0.2, 0) is 16.1 Å². The molecule has 0 aliphatic carbocycles. The summed E-state index contributed by atoms with van der Waals surface area (Å²) in [6.07, 6.45) is 3.95. The molecule has 24 heavy (non-hydrogen) atoms. The first-order chi connectivity index (χ1) is 11.7. The quantitative estimate of drug-likeness (QED) is 0.786. The smallest absolute Gasteiger partial charge is 0.313 e. The molecule has 0 unspecified atom stereocenters. The lowest BCUT2D eigenvalue weighted by Gasteiger charge is -2.34. The van der Waals surface area contributed by atoms with Crippen LogP contribution in [0, 0.1) is 5.41 Å². The van der Waals surface area contributed by atoms with Gasteiger partial charge in [0.25, 0.3) is 0 Å². The number of rotatable bonds is 5. The minimum atomic E-state index is -0.352. The van der Waals surface area contributed by atoms with Gasteiger partial charge in [-0.1, -0.05) is 19.1 Å². The summed E-state index contributed by atoms with van der Waals surface area (Å²) in [5.74, 6) is -0.0222. The molecule has 3 heterocycles. The molecule has 0 radical (unpaired) electrons. The number of fused-ring (bicyclic) bond motifs is 3. The second-order valence-corrected chi connectivity index (χ2v) is 6.90. The number of benzene rings is 1. The second kappa shape index (κ2) is 5.84. The molecule has 0 saturated carbocycles. The standard InChI is InChI=1S/C18H23N3O3/c1-3-18(17(22)23-4-2)10-13-8-9-15(18)21(13)11-12-6-5-7-14-16(12)20-24-19-14/h5-7,13,15H,3-4,8-11H2,1-2H3/t13-,15+,18+/m0/s1. The maximum absolute atomic E-state index is 12.7. The predicted octanol–water partition coefficient (Wildman–Crippen LogP) is 2.92. The first kappa shape index (κ1) is 15.6. The Hall–Kier alpha value is -1.95. The first-order valence-electron chi connectivity index (χ1n) is 8.82. The van der Waals surface area contributed by atoms with Crippen molar-refractivity contribution in [2.24, 2.45) is 5.41 Å². The number of hydrogen-bond acceptors (Lipinski definition) is 6. The van der Waals surface area contributed by atoms with E-state index in [1.54, 1.807) is 0 Å². The monoisotopic (exact) mass is 329 g/mol. The van der Waals surface area contributed by atoms with Crippen LogP contribution >= 0.6 is 0 Å². The summed E-state index contributed by atoms with van der Waals surface area (Å²) in [5, 5.41) is 7.97. The van der Waals surface area contributed by atoms with E-state index in [0.29, 0.717) is 12.6 Å². The van der Waals surface area contributed by atoms with Crippen LogP contribution in [0.1, 0.15) is 45.1 Å². The van der Waals surface area contributed by atoms with Gasteiger partial charge < -0.3 is 4.74 Å². The highest BCUT2D eigenvalue weighted by molar-refractivity contribution is 5.79. The van der Waals surface area contributed by atoms with E-state index in [-0.39, 0.29) is 17.4 Å². The third kappa shape index (κ3) is 2.16. The summed E-state index contributed by atoms with van der Waals surface area (Å²) >= 11 is 0. The molecule has 0 amide bonds. The number of carbonyl (C=O) groups excluding carboxylic acids is 1. The van der Waals surface area contributed by atoms with Gasteiger partial charge in [0.15, 0.2) is 0 Å². The highest BCUT2D eigenvalue weighted by Crippen LogP contribution is 2.53. The van der Waals surface area contributed by atoms with Crippen LogP contribution in [-0.4, -0.2) is 39.9 Å². The van der Waals surface area contributed by atoms with Crippen molar-refractivity contribution in [1.29, 1.82) is 0 Å². The lowest BCUT2D eigenvalue weighted by molar-refractivity contribution is -0.157. The molecule has 0 N–H and O–H groups in total. The average Bonchev–Trinajstić information content (AvgIpc) is 3.29. The van der Waals surface area contributed by atoms with E-state index >= 15 is 0 Å². The van der Waals surface area contributed by atoms with Gasteiger partial charge in [0.2, 0.25) is 0 Å². The molecule has 0 spiro atoms. The summed E-state index contributed by atoms with van der Waals surface area (Å²) in [5.41, 5.74) is 2.36. The fourth-order valence-corrected chi connectivity index (χ4v) is 4.75. The second-order valence-electron chi connectivity index (χ2n) is 6.90. The van der Waals surface area contributed by atoms with Gasteiger partial charge in [-0.2, -0.15) is 0 Å². The Morgan fingerprint density at radius 1 is 1.38 bits per heavy atom. The summed E-state index contributed by atoms with van der Waals surface area (Å²) < 4.78 is 10.3. The van der Waals surface area contributed by atoms with Crippen molar-refractivity contribution in [2.45, 2.75) is 58.2 Å². The molecular formula is C18H23N3O3. The van der Waals surface area contributed by atoms with E-state index in [0.717, 1.165) is 48.8 Å². The van der Waals surface area contributed by atoms with E-state index in [9.17, 15) is 4.79 Å². The minimum absolute atomic E-state index is 0.0222. The van der Waals surface area contributed by atoms with Crippen molar-refractivity contribution in [2.75, 3.05) is 6.61 Å². The Kier molecular flexibility index (Phi) is 3.79. The first-order valence-corrected chi connectivity index (χ1v) is 8.82. The molecule has 1 aromatic heterocycles. The van der Waals surface area contributed by atoms with Gasteiger partial charge in [-0.3, -0.25) is 9.69 Å². The van der Waals surface area contributed by atoms with Gasteiger partial charge in [-0.15, -0.1) is 0 Å². The number of hydrogen-bond donors (Lipinski definition) is 0. The molecule has 6 heteroatoms. The molecule has 6 nitrogen and oxygen atoms in total. The average molecular weight is 329 g/mol. The van der Waals surface area contributed by atoms with Crippen molar-refractivity contribution < 1.29 is 14.2 Å². The van der Waals surface area contributed by atoms with Crippen LogP contribution in [0.25, 0.3) is 11.0 Å². The van der Waals surface area contributed by atoms with Crippen LogP contribution in [0.15, 0.2) is 22.8 Å². The highest BCUT2D eigenvalue weighted by Gasteiger charge is 2.59. The summed E-state index contributed by atoms with van der Waals surface area (Å²) in [7, 11) is 0. The maximum Gasteiger partial charge on any atom is 0.313 e. The van der Waals surface area contributed by atoms with Crippen molar-refractivity contribution in [1.82, 2.24) is 15.2 Å². The summed E-state index contributed by atoms with van der Waals surface area (Å²) in [6, 6.07) is 6.65. The topological polar surface area (TPSA) is 68.5 Å². The largest absolute Gasteiger partial charge is 0.466 e. The molecule has 2 aliphatic rings. The lowest BCUT2D eigenvalue weighted by atomic mass is 9.72. The molecular weight excluding hydrogens is 306 g/mol. The molecule has 2 bridgehead atoms. The van der Waals surface area contributed by atoms with E-state index in [1.807, 2.05) is 19.1 Å². The van der Waals surface area contributed by atoms with Crippen molar-refractivity contribution >= 4 is 17.0 Å². The fraction of sp³-hybridized carbons (Fsp3) is 0.611. The van der Waals surface area contributed by atoms with Crippen LogP contribution < -0.4 is 0 Å². The Bertz CT molecular complexity index is 759. The van der Waals surface area contributed by atoms with Crippen LogP contribution in [0.3, 0.4) is 0 Å². The Morgan fingerprint density at radius 2 is 2.25 bits per heavy atom. The zero-order valence-corrected chi connectivity index (χ0v) is 14.2. The Balaban J connectivity index is 1.63. The van der Waals surface area contributed by atoms with E-state index in [1.165, 1.54) is 0 Å². The van der Waals surface area contributed by atoms with Gasteiger partial charge in [0.05, 0.1) is 12.0 Å². The Morgan fingerprint density at radius 3 is 3.04 bits per heavy atom. The Labute approximate surface area is 141 Å². The minimum Gasteiger partial charge on any atom is -0.466 e. The van der Waals surface area contributed by atoms with E-state index in [2.05, 4.69) is 28.2 Å². The molecule has 3 atom stereocenters. The molecule has 4 rings (SSSR count). The third-order valence-electron chi connectivity index (χ3n) is 5.92. The van der Waals surface area contributed by atoms with Crippen LogP contribution in [0.2, 0.25) is 0 Å². The zero-order valence-electron chi connectivity index (χ0n) is 14.2. The number of ether oxygens (including phenoxy) is 1. The third-order valence-corrected chi connectivity index (χ3v) is 5.92. The zero-order chi connectivity index (χ0) is 16.7. The molecule has 2 aromatic rings. The number of aromatic nitrogens is 2. The lowest BCUT2D eigenvalue weighted by Crippen LogP contribution is -2.44.